The Hall–Kier alpha value is -3.34. The van der Waals surface area contributed by atoms with Crippen LogP contribution in [-0.2, 0) is 19.2 Å². The Bertz CT molecular complexity index is 1130. The van der Waals surface area contributed by atoms with E-state index in [1.165, 1.54) is 0 Å². The second-order valence-electron chi connectivity index (χ2n) is 8.28. The zero-order valence-electron chi connectivity index (χ0n) is 18.8. The van der Waals surface area contributed by atoms with Gasteiger partial charge in [0.25, 0.3) is 5.91 Å². The number of benzene rings is 1. The lowest BCUT2D eigenvalue weighted by atomic mass is 9.90. The molecule has 18 heteroatoms. The van der Waals surface area contributed by atoms with Crippen molar-refractivity contribution in [2.24, 2.45) is 0 Å². The van der Waals surface area contributed by atoms with E-state index in [4.69, 9.17) is 38.2 Å². The molecule has 2 saturated heterocycles. The molecule has 1 spiro atoms. The molecule has 2 heterocycles. The highest BCUT2D eigenvalue weighted by atomic mass is 35.5. The van der Waals surface area contributed by atoms with Crippen LogP contribution in [0.15, 0.2) is 12.1 Å². The van der Waals surface area contributed by atoms with Crippen LogP contribution in [0.3, 0.4) is 0 Å². The second-order valence-corrected chi connectivity index (χ2v) is 9.09. The summed E-state index contributed by atoms with van der Waals surface area (Å²) in [6.07, 6.45) is -6.40. The van der Waals surface area contributed by atoms with Crippen molar-refractivity contribution in [3.8, 4) is 5.75 Å². The van der Waals surface area contributed by atoms with E-state index in [2.05, 4.69) is 16.0 Å². The number of hydrogen-bond donors (Lipinski definition) is 8. The minimum absolute atomic E-state index is 0.0650. The molecule has 5 atom stereocenters. The Morgan fingerprint density at radius 3 is 2.08 bits per heavy atom. The number of carbonyl (C=O) groups is 5. The van der Waals surface area contributed by atoms with E-state index >= 15 is 0 Å². The molecule has 0 bridgehead atoms. The lowest BCUT2D eigenvalue weighted by molar-refractivity contribution is -0.192. The maximum absolute atomic E-state index is 12.5. The van der Waals surface area contributed by atoms with Gasteiger partial charge in [0, 0.05) is 11.6 Å². The van der Waals surface area contributed by atoms with E-state index in [-0.39, 0.29) is 34.9 Å². The number of phenols is 1. The molecule has 1 aromatic carbocycles. The fourth-order valence-corrected chi connectivity index (χ4v) is 4.40. The summed E-state index contributed by atoms with van der Waals surface area (Å²) < 4.78 is 31.7. The molecule has 210 valence electrons. The molecular formula is C20H20Cl2F3N3O10. The lowest BCUT2D eigenvalue weighted by Crippen LogP contribution is -2.57. The average Bonchev–Trinajstić information content (AvgIpc) is 3.33. The molecule has 0 radical (unpaired) electrons. The molecule has 38 heavy (non-hydrogen) atoms. The molecule has 2 fully saturated rings. The van der Waals surface area contributed by atoms with E-state index < -0.39 is 71.4 Å². The minimum Gasteiger partial charge on any atom is -0.505 e. The van der Waals surface area contributed by atoms with Gasteiger partial charge in [-0.15, -0.1) is 0 Å². The maximum atomic E-state index is 12.5. The van der Waals surface area contributed by atoms with Crippen LogP contribution in [0.25, 0.3) is 0 Å². The van der Waals surface area contributed by atoms with Gasteiger partial charge in [0.2, 0.25) is 5.91 Å². The van der Waals surface area contributed by atoms with Gasteiger partial charge < -0.3 is 36.2 Å². The van der Waals surface area contributed by atoms with Crippen molar-refractivity contribution in [1.82, 2.24) is 16.0 Å². The first-order valence-electron chi connectivity index (χ1n) is 10.4. The van der Waals surface area contributed by atoms with E-state index in [1.807, 2.05) is 0 Å². The predicted octanol–water partition coefficient (Wildman–Crippen LogP) is 0.340. The SMILES string of the molecule is O=C(N[C@@H](C[C@H]1CC[C@]2(N1)C(=O)N[C@@H](C(=O)O)[C@@H]2O)C(=O)O)c1cc(Cl)c(O)c(Cl)c1.O=C(O)C(F)(F)F. The highest BCUT2D eigenvalue weighted by molar-refractivity contribution is 6.37. The summed E-state index contributed by atoms with van der Waals surface area (Å²) in [5.74, 6) is -7.37. The van der Waals surface area contributed by atoms with Gasteiger partial charge in [-0.05, 0) is 31.4 Å². The summed E-state index contributed by atoms with van der Waals surface area (Å²) >= 11 is 11.6. The first-order valence-corrected chi connectivity index (χ1v) is 11.2. The van der Waals surface area contributed by atoms with Crippen LogP contribution in [0, 0.1) is 0 Å². The molecule has 0 aliphatic carbocycles. The van der Waals surface area contributed by atoms with Crippen molar-refractivity contribution in [3.63, 3.8) is 0 Å². The number of aromatic hydroxyl groups is 1. The topological polar surface area (TPSA) is 223 Å². The van der Waals surface area contributed by atoms with Crippen LogP contribution < -0.4 is 16.0 Å². The number of aliphatic hydroxyl groups is 1. The van der Waals surface area contributed by atoms with Gasteiger partial charge in [-0.3, -0.25) is 14.9 Å². The first kappa shape index (κ1) is 30.9. The third-order valence-electron chi connectivity index (χ3n) is 5.77. The number of carboxylic acids is 3. The van der Waals surface area contributed by atoms with Crippen LogP contribution >= 0.6 is 23.2 Å². The van der Waals surface area contributed by atoms with Gasteiger partial charge >= 0.3 is 24.1 Å². The number of hydrogen-bond acceptors (Lipinski definition) is 8. The van der Waals surface area contributed by atoms with Crippen LogP contribution in [0.4, 0.5) is 13.2 Å². The summed E-state index contributed by atoms with van der Waals surface area (Å²) in [5.41, 5.74) is -1.61. The number of alkyl halides is 3. The highest BCUT2D eigenvalue weighted by Gasteiger charge is 2.60. The Labute approximate surface area is 220 Å². The summed E-state index contributed by atoms with van der Waals surface area (Å²) in [4.78, 5) is 56.6. The number of nitrogens with one attached hydrogen (secondary N) is 3. The fraction of sp³-hybridized carbons (Fsp3) is 0.450. The minimum atomic E-state index is -5.08. The number of aliphatic hydroxyl groups excluding tert-OH is 1. The number of amides is 2. The van der Waals surface area contributed by atoms with E-state index in [0.717, 1.165) is 12.1 Å². The standard InChI is InChI=1S/C18H19Cl2N3O8.C2HF3O2/c19-8-3-6(4-9(20)12(8)24)14(26)21-10(15(27)28)5-7-1-2-18(23-7)13(25)11(16(29)30)22-17(18)31;3-2(4,5)1(6)7/h3-4,7,10-11,13,23-25H,1-2,5H2,(H,21,26)(H,22,31)(H,27,28)(H,29,30);(H,6,7)/t7-,10+,11-,13+,18-;/m1./s1. The molecule has 8 N–H and O–H groups in total. The van der Waals surface area contributed by atoms with E-state index in [9.17, 15) is 47.7 Å². The van der Waals surface area contributed by atoms with Crippen molar-refractivity contribution in [2.45, 2.75) is 55.2 Å². The van der Waals surface area contributed by atoms with Crippen molar-refractivity contribution in [3.05, 3.63) is 27.7 Å². The molecule has 13 nitrogen and oxygen atoms in total. The zero-order chi connectivity index (χ0) is 29.2. The van der Waals surface area contributed by atoms with Gasteiger partial charge in [0.15, 0.2) is 11.8 Å². The normalized spacial score (nSPS) is 25.2. The van der Waals surface area contributed by atoms with Crippen molar-refractivity contribution < 1.29 is 62.7 Å². The third-order valence-corrected chi connectivity index (χ3v) is 6.35. The smallest absolute Gasteiger partial charge is 0.490 e. The second kappa shape index (κ2) is 11.6. The van der Waals surface area contributed by atoms with Crippen LogP contribution in [0.1, 0.15) is 29.6 Å². The summed E-state index contributed by atoms with van der Waals surface area (Å²) in [6, 6.07) is -1.18. The van der Waals surface area contributed by atoms with Crippen LogP contribution in [0.5, 0.6) is 5.75 Å². The molecule has 2 amide bonds. The monoisotopic (exact) mass is 589 g/mol. The predicted molar refractivity (Wildman–Crippen MR) is 120 cm³/mol. The van der Waals surface area contributed by atoms with Crippen molar-refractivity contribution in [2.75, 3.05) is 0 Å². The van der Waals surface area contributed by atoms with Gasteiger partial charge in [-0.1, -0.05) is 23.2 Å². The summed E-state index contributed by atoms with van der Waals surface area (Å²) in [5, 5.41) is 52.7. The molecule has 0 aromatic heterocycles. The molecular weight excluding hydrogens is 570 g/mol. The van der Waals surface area contributed by atoms with Crippen LogP contribution in [0.2, 0.25) is 10.0 Å². The van der Waals surface area contributed by atoms with Crippen molar-refractivity contribution in [1.29, 1.82) is 0 Å². The van der Waals surface area contributed by atoms with Gasteiger partial charge in [0.05, 0.1) is 10.0 Å². The molecule has 0 saturated carbocycles. The Balaban J connectivity index is 0.000000638. The Morgan fingerprint density at radius 1 is 1.13 bits per heavy atom. The van der Waals surface area contributed by atoms with Gasteiger partial charge in [-0.25, -0.2) is 14.4 Å². The third kappa shape index (κ3) is 6.75. The van der Waals surface area contributed by atoms with Crippen molar-refractivity contribution >= 4 is 52.9 Å². The molecule has 1 aromatic rings. The number of rotatable bonds is 6. The maximum Gasteiger partial charge on any atom is 0.490 e. The molecule has 3 rings (SSSR count). The number of phenolic OH excluding ortho intramolecular Hbond substituents is 1. The average molecular weight is 590 g/mol. The fourth-order valence-electron chi connectivity index (χ4n) is 3.91. The quantitative estimate of drug-likeness (QED) is 0.226. The number of carbonyl (C=O) groups excluding carboxylic acids is 2. The largest absolute Gasteiger partial charge is 0.505 e. The lowest BCUT2D eigenvalue weighted by Gasteiger charge is -2.27. The zero-order valence-corrected chi connectivity index (χ0v) is 20.3. The van der Waals surface area contributed by atoms with E-state index in [0.29, 0.717) is 0 Å². The molecule has 2 aliphatic heterocycles. The van der Waals surface area contributed by atoms with Crippen LogP contribution in [-0.4, -0.2) is 91.2 Å². The van der Waals surface area contributed by atoms with E-state index in [1.54, 1.807) is 0 Å². The number of halogens is 5. The van der Waals surface area contributed by atoms with Gasteiger partial charge in [-0.2, -0.15) is 13.2 Å². The number of carboxylic acid groups (broad SMARTS) is 3. The first-order chi connectivity index (χ1) is 17.4. The Morgan fingerprint density at radius 2 is 1.66 bits per heavy atom. The summed E-state index contributed by atoms with van der Waals surface area (Å²) in [6.45, 7) is 0. The molecule has 0 unspecified atom stereocenters. The Kier molecular flexibility index (Phi) is 9.42. The number of aliphatic carboxylic acids is 3. The highest BCUT2D eigenvalue weighted by Crippen LogP contribution is 2.35. The summed E-state index contributed by atoms with van der Waals surface area (Å²) in [7, 11) is 0. The molecule has 2 aliphatic rings. The van der Waals surface area contributed by atoms with Gasteiger partial charge in [0.1, 0.15) is 17.7 Å².